The molecule has 1 N–H and O–H groups in total. The summed E-state index contributed by atoms with van der Waals surface area (Å²) in [7, 11) is 1.99. The first-order valence-corrected chi connectivity index (χ1v) is 6.22. The molecule has 0 aliphatic carbocycles. The fraction of sp³-hybridized carbons (Fsp3) is 0.727. The monoisotopic (exact) mass is 273 g/mol. The molecule has 0 saturated carbocycles. The molecule has 0 bridgehead atoms. The largest absolute Gasteiger partial charge is 0.319 e. The smallest absolute Gasteiger partial charge is 0.0635 e. The zero-order valence-corrected chi connectivity index (χ0v) is 11.5. The van der Waals surface area contributed by atoms with Gasteiger partial charge < -0.3 is 5.32 Å². The van der Waals surface area contributed by atoms with Crippen LogP contribution in [0.1, 0.15) is 32.5 Å². The van der Waals surface area contributed by atoms with E-state index in [0.29, 0.717) is 12.0 Å². The number of rotatable bonds is 5. The van der Waals surface area contributed by atoms with Gasteiger partial charge in [-0.3, -0.25) is 4.68 Å². The molecule has 4 heteroatoms. The number of halogens is 1. The Kier molecular flexibility index (Phi) is 4.80. The molecule has 15 heavy (non-hydrogen) atoms. The zero-order valence-electron chi connectivity index (χ0n) is 9.92. The summed E-state index contributed by atoms with van der Waals surface area (Å²) in [5.41, 5.74) is 1.30. The summed E-state index contributed by atoms with van der Waals surface area (Å²) in [5.74, 6) is 0.625. The van der Waals surface area contributed by atoms with Gasteiger partial charge in [0.25, 0.3) is 0 Å². The summed E-state index contributed by atoms with van der Waals surface area (Å²) >= 11 is 3.56. The third-order valence-electron chi connectivity index (χ3n) is 2.43. The lowest BCUT2D eigenvalue weighted by atomic mass is 10.1. The van der Waals surface area contributed by atoms with Crippen molar-refractivity contribution in [2.45, 2.75) is 33.2 Å². The lowest BCUT2D eigenvalue weighted by Gasteiger charge is -2.15. The minimum Gasteiger partial charge on any atom is -0.319 e. The summed E-state index contributed by atoms with van der Waals surface area (Å²) in [6.07, 6.45) is 2.95. The molecule has 1 rings (SSSR count). The second kappa shape index (κ2) is 5.66. The van der Waals surface area contributed by atoms with Crippen LogP contribution in [0.2, 0.25) is 0 Å². The summed E-state index contributed by atoms with van der Waals surface area (Å²) in [6, 6.07) is 0.424. The first-order valence-electron chi connectivity index (χ1n) is 5.42. The molecule has 0 saturated heterocycles. The number of nitrogens with one attached hydrogen (secondary N) is 1. The second-order valence-electron chi connectivity index (χ2n) is 4.34. The lowest BCUT2D eigenvalue weighted by Crippen LogP contribution is -2.20. The molecule has 0 amide bonds. The van der Waals surface area contributed by atoms with Crippen molar-refractivity contribution in [3.63, 3.8) is 0 Å². The topological polar surface area (TPSA) is 29.9 Å². The highest BCUT2D eigenvalue weighted by Crippen LogP contribution is 2.22. The van der Waals surface area contributed by atoms with Crippen molar-refractivity contribution in [3.8, 4) is 0 Å². The van der Waals surface area contributed by atoms with E-state index in [-0.39, 0.29) is 0 Å². The lowest BCUT2D eigenvalue weighted by molar-refractivity contribution is 0.468. The van der Waals surface area contributed by atoms with Crippen LogP contribution in [-0.4, -0.2) is 23.4 Å². The van der Waals surface area contributed by atoms with Crippen LogP contribution in [-0.2, 0) is 6.42 Å². The average molecular weight is 274 g/mol. The molecular formula is C11H20BrN3. The fourth-order valence-electron chi connectivity index (χ4n) is 1.75. The second-order valence-corrected chi connectivity index (χ2v) is 5.20. The third-order valence-corrected chi connectivity index (χ3v) is 3.09. The number of hydrogen-bond acceptors (Lipinski definition) is 2. The molecule has 0 aliphatic rings. The predicted molar refractivity (Wildman–Crippen MR) is 67.1 cm³/mol. The van der Waals surface area contributed by atoms with E-state index in [9.17, 15) is 0 Å². The minimum atomic E-state index is 0.424. The maximum absolute atomic E-state index is 4.38. The summed E-state index contributed by atoms with van der Waals surface area (Å²) in [6.45, 7) is 7.60. The van der Waals surface area contributed by atoms with E-state index in [0.717, 1.165) is 17.4 Å². The summed E-state index contributed by atoms with van der Waals surface area (Å²) in [4.78, 5) is 0. The van der Waals surface area contributed by atoms with Gasteiger partial charge in [-0.15, -0.1) is 0 Å². The van der Waals surface area contributed by atoms with Crippen molar-refractivity contribution in [1.29, 1.82) is 0 Å². The fourth-order valence-corrected chi connectivity index (χ4v) is 2.19. The van der Waals surface area contributed by atoms with Crippen molar-refractivity contribution in [3.05, 3.63) is 16.4 Å². The van der Waals surface area contributed by atoms with Crippen molar-refractivity contribution in [2.24, 2.45) is 5.92 Å². The molecule has 1 atom stereocenters. The van der Waals surface area contributed by atoms with E-state index in [1.165, 1.54) is 5.69 Å². The summed E-state index contributed by atoms with van der Waals surface area (Å²) in [5, 5.41) is 7.58. The highest BCUT2D eigenvalue weighted by molar-refractivity contribution is 9.10. The molecule has 1 unspecified atom stereocenters. The van der Waals surface area contributed by atoms with Crippen LogP contribution < -0.4 is 5.32 Å². The van der Waals surface area contributed by atoms with Crippen molar-refractivity contribution in [2.75, 3.05) is 13.6 Å². The molecular weight excluding hydrogens is 254 g/mol. The molecule has 3 nitrogen and oxygen atoms in total. The van der Waals surface area contributed by atoms with Gasteiger partial charge in [-0.25, -0.2) is 0 Å². The van der Waals surface area contributed by atoms with Gasteiger partial charge >= 0.3 is 0 Å². The van der Waals surface area contributed by atoms with Crippen LogP contribution in [0.4, 0.5) is 0 Å². The van der Waals surface area contributed by atoms with Crippen LogP contribution in [0.3, 0.4) is 0 Å². The van der Waals surface area contributed by atoms with Crippen LogP contribution in [0.5, 0.6) is 0 Å². The van der Waals surface area contributed by atoms with Crippen LogP contribution in [0, 0.1) is 5.92 Å². The van der Waals surface area contributed by atoms with Gasteiger partial charge in [-0.2, -0.15) is 5.10 Å². The number of aromatic nitrogens is 2. The van der Waals surface area contributed by atoms with Crippen LogP contribution in [0.25, 0.3) is 0 Å². The van der Waals surface area contributed by atoms with Crippen molar-refractivity contribution >= 4 is 15.9 Å². The van der Waals surface area contributed by atoms with E-state index < -0.39 is 0 Å². The Bertz CT molecular complexity index is 307. The summed E-state index contributed by atoms with van der Waals surface area (Å²) < 4.78 is 3.22. The van der Waals surface area contributed by atoms with Gasteiger partial charge in [0.05, 0.1) is 16.4 Å². The van der Waals surface area contributed by atoms with E-state index in [2.05, 4.69) is 51.8 Å². The highest BCUT2D eigenvalue weighted by Gasteiger charge is 2.13. The third kappa shape index (κ3) is 3.31. The van der Waals surface area contributed by atoms with Gasteiger partial charge in [0.2, 0.25) is 0 Å². The van der Waals surface area contributed by atoms with E-state index in [1.807, 2.05) is 13.2 Å². The maximum Gasteiger partial charge on any atom is 0.0635 e. The molecule has 0 radical (unpaired) electrons. The normalized spacial score (nSPS) is 13.5. The minimum absolute atomic E-state index is 0.424. The highest BCUT2D eigenvalue weighted by atomic mass is 79.9. The van der Waals surface area contributed by atoms with Gasteiger partial charge in [0.15, 0.2) is 0 Å². The molecule has 0 fully saturated rings. The van der Waals surface area contributed by atoms with E-state index >= 15 is 0 Å². The van der Waals surface area contributed by atoms with Crippen LogP contribution >= 0.6 is 15.9 Å². The molecule has 0 spiro atoms. The Labute approximate surface area is 100 Å². The first-order chi connectivity index (χ1) is 7.06. The number of nitrogens with zero attached hydrogens (tertiary/aromatic N) is 2. The predicted octanol–water partition coefficient (Wildman–Crippen LogP) is 2.62. The molecule has 1 aromatic heterocycles. The molecule has 0 aliphatic heterocycles. The molecule has 1 heterocycles. The Hall–Kier alpha value is -0.350. The van der Waals surface area contributed by atoms with E-state index in [4.69, 9.17) is 0 Å². The first kappa shape index (κ1) is 12.7. The zero-order chi connectivity index (χ0) is 11.4. The SMILES string of the molecule is CNCC(C)Cc1c(Br)cnn1C(C)C. The Morgan fingerprint density at radius 1 is 1.47 bits per heavy atom. The van der Waals surface area contributed by atoms with Crippen LogP contribution in [0.15, 0.2) is 10.7 Å². The van der Waals surface area contributed by atoms with Crippen molar-refractivity contribution in [1.82, 2.24) is 15.1 Å². The van der Waals surface area contributed by atoms with Gasteiger partial charge in [0.1, 0.15) is 0 Å². The quantitative estimate of drug-likeness (QED) is 0.894. The molecule has 0 aromatic carbocycles. The average Bonchev–Trinajstić information content (AvgIpc) is 2.48. The van der Waals surface area contributed by atoms with E-state index in [1.54, 1.807) is 0 Å². The molecule has 86 valence electrons. The maximum atomic E-state index is 4.38. The molecule has 1 aromatic rings. The number of hydrogen-bond donors (Lipinski definition) is 1. The Morgan fingerprint density at radius 2 is 2.13 bits per heavy atom. The Morgan fingerprint density at radius 3 is 2.67 bits per heavy atom. The van der Waals surface area contributed by atoms with Gasteiger partial charge in [-0.05, 0) is 55.7 Å². The Balaban J connectivity index is 2.78. The van der Waals surface area contributed by atoms with Gasteiger partial charge in [0, 0.05) is 6.04 Å². The van der Waals surface area contributed by atoms with Crippen molar-refractivity contribution < 1.29 is 0 Å². The van der Waals surface area contributed by atoms with Gasteiger partial charge in [-0.1, -0.05) is 6.92 Å². The standard InChI is InChI=1S/C11H20BrN3/c1-8(2)15-11(10(12)7-14-15)5-9(3)6-13-4/h7-9,13H,5-6H2,1-4H3.